The summed E-state index contributed by atoms with van der Waals surface area (Å²) in [6.45, 7) is 2.16. The fourth-order valence-electron chi connectivity index (χ4n) is 2.18. The van der Waals surface area contributed by atoms with Crippen LogP contribution in [0.3, 0.4) is 0 Å². The van der Waals surface area contributed by atoms with E-state index in [0.29, 0.717) is 18.5 Å². The summed E-state index contributed by atoms with van der Waals surface area (Å²) in [5.74, 6) is 0. The van der Waals surface area contributed by atoms with Gasteiger partial charge >= 0.3 is 11.8 Å². The first-order valence-corrected chi connectivity index (χ1v) is 5.71. The van der Waals surface area contributed by atoms with E-state index in [-0.39, 0.29) is 6.17 Å². The van der Waals surface area contributed by atoms with Crippen molar-refractivity contribution in [3.8, 4) is 0 Å². The molecule has 1 amide bonds. The van der Waals surface area contributed by atoms with Gasteiger partial charge in [0.2, 0.25) is 0 Å². The van der Waals surface area contributed by atoms with E-state index in [2.05, 4.69) is 9.72 Å². The van der Waals surface area contributed by atoms with E-state index in [1.54, 1.807) is 6.92 Å². The largest absolute Gasteiger partial charge is 0.453 e. The lowest BCUT2D eigenvalue weighted by Gasteiger charge is -2.24. The molecule has 2 heterocycles. The number of hydrogen-bond acceptors (Lipinski definition) is 4. The maximum Gasteiger partial charge on any atom is 0.411 e. The van der Waals surface area contributed by atoms with Crippen molar-refractivity contribution in [2.45, 2.75) is 25.9 Å². The van der Waals surface area contributed by atoms with Gasteiger partial charge in [0.05, 0.1) is 7.11 Å². The van der Waals surface area contributed by atoms with Crippen LogP contribution in [0.1, 0.15) is 24.6 Å². The number of H-pyrrole nitrogens is 1. The van der Waals surface area contributed by atoms with E-state index >= 15 is 0 Å². The van der Waals surface area contributed by atoms with Gasteiger partial charge in [-0.05, 0) is 19.8 Å². The average Bonchev–Trinajstić information content (AvgIpc) is 2.81. The van der Waals surface area contributed by atoms with Gasteiger partial charge in [-0.1, -0.05) is 0 Å². The van der Waals surface area contributed by atoms with Crippen LogP contribution in [0.4, 0.5) is 4.79 Å². The Labute approximate surface area is 103 Å². The van der Waals surface area contributed by atoms with E-state index in [0.717, 1.165) is 6.42 Å². The molecule has 0 spiro atoms. The normalized spacial score (nSPS) is 19.0. The van der Waals surface area contributed by atoms with Crippen LogP contribution in [0.5, 0.6) is 0 Å². The Hall–Kier alpha value is -2.05. The van der Waals surface area contributed by atoms with Gasteiger partial charge in [0, 0.05) is 18.3 Å². The Bertz CT molecular complexity index is 574. The lowest BCUT2D eigenvalue weighted by Crippen LogP contribution is -2.40. The van der Waals surface area contributed by atoms with Crippen LogP contribution in [0.25, 0.3) is 0 Å². The average molecular weight is 253 g/mol. The van der Waals surface area contributed by atoms with Crippen LogP contribution in [-0.4, -0.2) is 34.2 Å². The van der Waals surface area contributed by atoms with Gasteiger partial charge in [-0.25, -0.2) is 9.59 Å². The van der Waals surface area contributed by atoms with E-state index in [1.165, 1.54) is 22.8 Å². The van der Waals surface area contributed by atoms with Crippen molar-refractivity contribution in [2.75, 3.05) is 13.7 Å². The highest BCUT2D eigenvalue weighted by molar-refractivity contribution is 5.67. The van der Waals surface area contributed by atoms with Crippen LogP contribution in [0.2, 0.25) is 0 Å². The molecule has 1 aromatic heterocycles. The summed E-state index contributed by atoms with van der Waals surface area (Å²) in [5.41, 5.74) is -0.475. The van der Waals surface area contributed by atoms with E-state index in [1.807, 2.05) is 0 Å². The van der Waals surface area contributed by atoms with Gasteiger partial charge in [-0.15, -0.1) is 0 Å². The van der Waals surface area contributed by atoms with Crippen LogP contribution < -0.4 is 11.2 Å². The van der Waals surface area contributed by atoms with Crippen molar-refractivity contribution in [1.29, 1.82) is 0 Å². The Balaban J connectivity index is 2.42. The summed E-state index contributed by atoms with van der Waals surface area (Å²) in [6, 6.07) is 0. The molecule has 1 aliphatic rings. The number of methoxy groups -OCH3 is 1. The Morgan fingerprint density at radius 1 is 1.50 bits per heavy atom. The summed E-state index contributed by atoms with van der Waals surface area (Å²) < 4.78 is 6.06. The lowest BCUT2D eigenvalue weighted by atomic mass is 10.3. The molecular formula is C11H15N3O4. The van der Waals surface area contributed by atoms with Crippen LogP contribution in [0.15, 0.2) is 15.8 Å². The smallest absolute Gasteiger partial charge is 0.411 e. The second-order valence-corrected chi connectivity index (χ2v) is 4.26. The molecule has 1 N–H and O–H groups in total. The molecule has 2 rings (SSSR count). The first kappa shape index (κ1) is 12.4. The van der Waals surface area contributed by atoms with Crippen molar-refractivity contribution in [3.05, 3.63) is 32.6 Å². The summed E-state index contributed by atoms with van der Waals surface area (Å²) >= 11 is 0. The molecule has 1 aliphatic heterocycles. The molecule has 98 valence electrons. The third kappa shape index (κ3) is 2.03. The molecule has 7 heteroatoms. The molecule has 7 nitrogen and oxygen atoms in total. The number of carbonyl (C=O) groups is 1. The Kier molecular flexibility index (Phi) is 3.22. The summed E-state index contributed by atoms with van der Waals surface area (Å²) in [6.07, 6.45) is 2.09. The zero-order valence-electron chi connectivity index (χ0n) is 10.3. The summed E-state index contributed by atoms with van der Waals surface area (Å²) in [7, 11) is 1.30. The SMILES string of the molecule is COC(=O)N1CCCC1n1cc(C)c(=O)[nH]c1=O. The van der Waals surface area contributed by atoms with Crippen LogP contribution in [0, 0.1) is 6.92 Å². The maximum absolute atomic E-state index is 11.8. The van der Waals surface area contributed by atoms with Gasteiger partial charge in [0.25, 0.3) is 5.56 Å². The van der Waals surface area contributed by atoms with Crippen LogP contribution in [-0.2, 0) is 4.74 Å². The second-order valence-electron chi connectivity index (χ2n) is 4.26. The number of nitrogens with zero attached hydrogens (tertiary/aromatic N) is 2. The number of aromatic amines is 1. The first-order valence-electron chi connectivity index (χ1n) is 5.71. The number of ether oxygens (including phenoxy) is 1. The van der Waals surface area contributed by atoms with Gasteiger partial charge in [0.15, 0.2) is 0 Å². The maximum atomic E-state index is 11.8. The van der Waals surface area contributed by atoms with Gasteiger partial charge in [-0.3, -0.25) is 19.2 Å². The molecule has 1 atom stereocenters. The number of rotatable bonds is 1. The van der Waals surface area contributed by atoms with Gasteiger partial charge in [-0.2, -0.15) is 0 Å². The fraction of sp³-hybridized carbons (Fsp3) is 0.545. The minimum absolute atomic E-state index is 0.388. The fourth-order valence-corrected chi connectivity index (χ4v) is 2.18. The first-order chi connectivity index (χ1) is 8.54. The second kappa shape index (κ2) is 4.67. The van der Waals surface area contributed by atoms with Gasteiger partial charge in [0.1, 0.15) is 6.17 Å². The zero-order chi connectivity index (χ0) is 13.3. The number of aryl methyl sites for hydroxylation is 1. The molecule has 1 aromatic rings. The van der Waals surface area contributed by atoms with E-state index < -0.39 is 17.3 Å². The van der Waals surface area contributed by atoms with Crippen molar-refractivity contribution >= 4 is 6.09 Å². The number of carbonyl (C=O) groups excluding carboxylic acids is 1. The van der Waals surface area contributed by atoms with Crippen molar-refractivity contribution in [1.82, 2.24) is 14.5 Å². The van der Waals surface area contributed by atoms with Crippen molar-refractivity contribution < 1.29 is 9.53 Å². The lowest BCUT2D eigenvalue weighted by molar-refractivity contribution is 0.103. The minimum Gasteiger partial charge on any atom is -0.453 e. The highest BCUT2D eigenvalue weighted by Gasteiger charge is 2.31. The topological polar surface area (TPSA) is 84.4 Å². The number of hydrogen-bond donors (Lipinski definition) is 1. The van der Waals surface area contributed by atoms with Gasteiger partial charge < -0.3 is 4.74 Å². The molecule has 1 saturated heterocycles. The number of likely N-dealkylation sites (tertiary alicyclic amines) is 1. The number of nitrogens with one attached hydrogen (secondary N) is 1. The monoisotopic (exact) mass is 253 g/mol. The molecule has 18 heavy (non-hydrogen) atoms. The summed E-state index contributed by atoms with van der Waals surface area (Å²) in [4.78, 5) is 38.4. The highest BCUT2D eigenvalue weighted by atomic mass is 16.5. The van der Waals surface area contributed by atoms with Crippen molar-refractivity contribution in [3.63, 3.8) is 0 Å². The third-order valence-corrected chi connectivity index (χ3v) is 3.10. The standard InChI is InChI=1S/C11H15N3O4/c1-7-6-14(10(16)12-9(7)15)8-4-3-5-13(8)11(17)18-2/h6,8H,3-5H2,1-2H3,(H,12,15,16). The summed E-state index contributed by atoms with van der Waals surface area (Å²) in [5, 5.41) is 0. The van der Waals surface area contributed by atoms with Crippen LogP contribution >= 0.6 is 0 Å². The molecule has 0 aromatic carbocycles. The molecule has 0 radical (unpaired) electrons. The van der Waals surface area contributed by atoms with E-state index in [9.17, 15) is 14.4 Å². The molecule has 1 fully saturated rings. The third-order valence-electron chi connectivity index (χ3n) is 3.10. The number of aromatic nitrogens is 2. The van der Waals surface area contributed by atoms with E-state index in [4.69, 9.17) is 0 Å². The number of amides is 1. The predicted octanol–water partition coefficient (Wildman–Crippen LogP) is 0.206. The Morgan fingerprint density at radius 2 is 2.22 bits per heavy atom. The quantitative estimate of drug-likeness (QED) is 0.775. The minimum atomic E-state index is -0.508. The molecule has 0 bridgehead atoms. The zero-order valence-corrected chi connectivity index (χ0v) is 10.3. The molecular weight excluding hydrogens is 238 g/mol. The predicted molar refractivity (Wildman–Crippen MR) is 63.4 cm³/mol. The molecule has 1 unspecified atom stereocenters. The molecule has 0 aliphatic carbocycles. The highest BCUT2D eigenvalue weighted by Crippen LogP contribution is 2.25. The Morgan fingerprint density at radius 3 is 2.89 bits per heavy atom. The van der Waals surface area contributed by atoms with Crippen molar-refractivity contribution in [2.24, 2.45) is 0 Å². The molecule has 0 saturated carbocycles.